The maximum atomic E-state index is 14.1. The standard InChI is InChI=1S/C40H26N2O4.2C6H8O/c43-37-29-19-21-31-36-32(40(46)42(39(31)45)34-18-10-8-16-28(34)24-26-13-5-2-6-14-26)22-20-30(35(29)36)38(44)41(37)33-17-9-7-15-27(33)23-25-11-3-1-4-12-25;2*1-5-3-4-6(2)7-5/h1-22H,23-24H2;2*3-4H,1-2H3. The van der Waals surface area contributed by atoms with Crippen molar-refractivity contribution in [2.45, 2.75) is 40.5 Å². The molecule has 60 heavy (non-hydrogen) atoms. The Kier molecular flexibility index (Phi) is 10.9. The van der Waals surface area contributed by atoms with Crippen LogP contribution in [0.1, 0.15) is 86.7 Å². The minimum atomic E-state index is -0.489. The van der Waals surface area contributed by atoms with Crippen LogP contribution in [-0.4, -0.2) is 23.6 Å². The molecular weight excluding hydrogens is 749 g/mol. The monoisotopic (exact) mass is 790 g/mol. The molecule has 0 spiro atoms. The van der Waals surface area contributed by atoms with Crippen molar-refractivity contribution in [1.29, 1.82) is 0 Å². The highest BCUT2D eigenvalue weighted by molar-refractivity contribution is 6.42. The number of aryl methyl sites for hydroxylation is 4. The van der Waals surface area contributed by atoms with Gasteiger partial charge in [-0.1, -0.05) is 97.1 Å². The zero-order valence-corrected chi connectivity index (χ0v) is 33.8. The van der Waals surface area contributed by atoms with Crippen molar-refractivity contribution in [3.05, 3.63) is 225 Å². The largest absolute Gasteiger partial charge is 0.467 e. The molecule has 296 valence electrons. The number of hydrogen-bond acceptors (Lipinski definition) is 6. The summed E-state index contributed by atoms with van der Waals surface area (Å²) in [6.45, 7) is 7.75. The molecule has 8 heteroatoms. The molecule has 8 nitrogen and oxygen atoms in total. The Hall–Kier alpha value is -7.58. The van der Waals surface area contributed by atoms with Crippen LogP contribution in [0.4, 0.5) is 11.4 Å². The fourth-order valence-electron chi connectivity index (χ4n) is 7.81. The van der Waals surface area contributed by atoms with E-state index in [1.807, 2.05) is 149 Å². The summed E-state index contributed by atoms with van der Waals surface area (Å²) in [5, 5.41) is 0.696. The van der Waals surface area contributed by atoms with E-state index in [0.29, 0.717) is 35.0 Å². The number of imide groups is 2. The summed E-state index contributed by atoms with van der Waals surface area (Å²) in [5.74, 6) is 1.98. The lowest BCUT2D eigenvalue weighted by Gasteiger charge is -2.33. The van der Waals surface area contributed by atoms with Gasteiger partial charge in [-0.05, 0) is 123 Å². The average Bonchev–Trinajstić information content (AvgIpc) is 3.85. The fraction of sp³-hybridized carbons (Fsp3) is 0.115. The van der Waals surface area contributed by atoms with Gasteiger partial charge in [0.25, 0.3) is 23.6 Å². The van der Waals surface area contributed by atoms with Crippen LogP contribution in [0, 0.1) is 27.7 Å². The number of anilines is 2. The summed E-state index contributed by atoms with van der Waals surface area (Å²) in [6.07, 6.45) is 1.08. The SMILES string of the molecule is Cc1ccc(C)o1.Cc1ccc(C)o1.O=C1c2ccc3c4c(ccc(c24)C(=O)N1c1ccccc1Cc1ccccc1)C(=O)N(c1ccccc1Cc1ccccc1)C3=O. The van der Waals surface area contributed by atoms with Gasteiger partial charge in [-0.25, -0.2) is 9.80 Å². The van der Waals surface area contributed by atoms with Crippen molar-refractivity contribution in [1.82, 2.24) is 0 Å². The minimum Gasteiger partial charge on any atom is -0.467 e. The van der Waals surface area contributed by atoms with Crippen molar-refractivity contribution in [3.63, 3.8) is 0 Å². The smallest absolute Gasteiger partial charge is 0.265 e. The number of carbonyl (C=O) groups is 4. The van der Waals surface area contributed by atoms with Gasteiger partial charge >= 0.3 is 0 Å². The highest BCUT2D eigenvalue weighted by Gasteiger charge is 2.41. The third kappa shape index (κ3) is 7.71. The zero-order chi connectivity index (χ0) is 41.9. The third-order valence-corrected chi connectivity index (χ3v) is 10.6. The summed E-state index contributed by atoms with van der Waals surface area (Å²) >= 11 is 0. The van der Waals surface area contributed by atoms with Crippen LogP contribution in [0.2, 0.25) is 0 Å². The van der Waals surface area contributed by atoms with Gasteiger partial charge in [0.1, 0.15) is 23.0 Å². The fourth-order valence-corrected chi connectivity index (χ4v) is 7.81. The Morgan fingerprint density at radius 2 is 0.633 bits per heavy atom. The zero-order valence-electron chi connectivity index (χ0n) is 33.8. The van der Waals surface area contributed by atoms with Crippen LogP contribution in [-0.2, 0) is 12.8 Å². The van der Waals surface area contributed by atoms with Gasteiger partial charge in [0.05, 0.1) is 11.4 Å². The number of para-hydroxylation sites is 2. The number of rotatable bonds is 6. The van der Waals surface area contributed by atoms with Crippen molar-refractivity contribution in [2.75, 3.05) is 9.80 Å². The van der Waals surface area contributed by atoms with E-state index in [1.54, 1.807) is 36.4 Å². The van der Waals surface area contributed by atoms with E-state index in [4.69, 9.17) is 8.83 Å². The first-order valence-electron chi connectivity index (χ1n) is 19.8. The Balaban J connectivity index is 0.000000301. The van der Waals surface area contributed by atoms with Gasteiger partial charge in [-0.15, -0.1) is 0 Å². The quantitative estimate of drug-likeness (QED) is 0.155. The second-order valence-corrected chi connectivity index (χ2v) is 14.9. The number of nitrogens with zero attached hydrogens (tertiary/aromatic N) is 2. The van der Waals surface area contributed by atoms with Crippen LogP contribution in [0.5, 0.6) is 0 Å². The van der Waals surface area contributed by atoms with E-state index in [2.05, 4.69) is 0 Å². The van der Waals surface area contributed by atoms with Gasteiger partial charge in [-0.3, -0.25) is 19.2 Å². The van der Waals surface area contributed by atoms with E-state index in [1.165, 1.54) is 9.80 Å². The molecule has 0 radical (unpaired) electrons. The van der Waals surface area contributed by atoms with Gasteiger partial charge in [0.2, 0.25) is 0 Å². The van der Waals surface area contributed by atoms with Crippen LogP contribution in [0.3, 0.4) is 0 Å². The first-order valence-corrected chi connectivity index (χ1v) is 19.8. The molecule has 0 saturated carbocycles. The molecule has 2 aromatic heterocycles. The van der Waals surface area contributed by atoms with Crippen LogP contribution >= 0.6 is 0 Å². The molecule has 0 fully saturated rings. The van der Waals surface area contributed by atoms with E-state index in [9.17, 15) is 19.2 Å². The molecule has 0 aliphatic carbocycles. The minimum absolute atomic E-state index is 0.281. The first-order chi connectivity index (χ1) is 29.1. The molecule has 6 aromatic carbocycles. The molecule has 2 aliphatic rings. The highest BCUT2D eigenvalue weighted by atomic mass is 16.3. The lowest BCUT2D eigenvalue weighted by atomic mass is 9.85. The number of furan rings is 2. The molecule has 0 bridgehead atoms. The summed E-state index contributed by atoms with van der Waals surface area (Å²) in [7, 11) is 0. The van der Waals surface area contributed by atoms with E-state index < -0.39 is 23.6 Å². The number of carbonyl (C=O) groups excluding carboxylic acids is 4. The molecule has 10 rings (SSSR count). The number of amides is 4. The van der Waals surface area contributed by atoms with E-state index in [-0.39, 0.29) is 22.3 Å². The maximum absolute atomic E-state index is 14.1. The van der Waals surface area contributed by atoms with E-state index in [0.717, 1.165) is 45.3 Å². The maximum Gasteiger partial charge on any atom is 0.265 e. The second-order valence-electron chi connectivity index (χ2n) is 14.9. The summed E-state index contributed by atoms with van der Waals surface area (Å²) in [4.78, 5) is 59.0. The summed E-state index contributed by atoms with van der Waals surface area (Å²) < 4.78 is 10.2. The van der Waals surface area contributed by atoms with Crippen LogP contribution in [0.25, 0.3) is 10.8 Å². The predicted octanol–water partition coefficient (Wildman–Crippen LogP) is 11.4. The molecule has 2 aliphatic heterocycles. The van der Waals surface area contributed by atoms with Crippen LogP contribution in [0.15, 0.2) is 167 Å². The average molecular weight is 791 g/mol. The Morgan fingerprint density at radius 3 is 0.917 bits per heavy atom. The second kappa shape index (κ2) is 16.7. The van der Waals surface area contributed by atoms with Crippen molar-refractivity contribution in [3.8, 4) is 0 Å². The van der Waals surface area contributed by atoms with Crippen molar-refractivity contribution in [2.24, 2.45) is 0 Å². The van der Waals surface area contributed by atoms with Crippen molar-refractivity contribution >= 4 is 45.8 Å². The Labute approximate surface area is 348 Å². The first kappa shape index (κ1) is 39.3. The Morgan fingerprint density at radius 1 is 0.350 bits per heavy atom. The molecule has 8 aromatic rings. The molecule has 4 amide bonds. The normalized spacial score (nSPS) is 12.9. The van der Waals surface area contributed by atoms with E-state index >= 15 is 0 Å². The van der Waals surface area contributed by atoms with Crippen molar-refractivity contribution < 1.29 is 28.0 Å². The number of benzene rings is 6. The molecule has 0 saturated heterocycles. The molecule has 0 unspecified atom stereocenters. The predicted molar refractivity (Wildman–Crippen MR) is 234 cm³/mol. The van der Waals surface area contributed by atoms with Gasteiger partial charge in [-0.2, -0.15) is 0 Å². The highest BCUT2D eigenvalue weighted by Crippen LogP contribution is 2.41. The molecular formula is C52H42N2O6. The third-order valence-electron chi connectivity index (χ3n) is 10.6. The summed E-state index contributed by atoms with van der Waals surface area (Å²) in [5.41, 5.74) is 5.91. The van der Waals surface area contributed by atoms with Gasteiger partial charge in [0, 0.05) is 33.0 Å². The Bertz CT molecular complexity index is 2600. The molecule has 0 atom stereocenters. The lowest BCUT2D eigenvalue weighted by Crippen LogP contribution is -2.44. The van der Waals surface area contributed by atoms with Crippen LogP contribution < -0.4 is 9.80 Å². The number of hydrogen-bond donors (Lipinski definition) is 0. The molecule has 4 heterocycles. The lowest BCUT2D eigenvalue weighted by molar-refractivity contribution is 0.0872. The van der Waals surface area contributed by atoms with Gasteiger partial charge in [0.15, 0.2) is 0 Å². The molecule has 0 N–H and O–H groups in total. The topological polar surface area (TPSA) is 101 Å². The van der Waals surface area contributed by atoms with Gasteiger partial charge < -0.3 is 8.83 Å². The summed E-state index contributed by atoms with van der Waals surface area (Å²) in [6, 6.07) is 48.8.